The Labute approximate surface area is 104 Å². The van der Waals surface area contributed by atoms with E-state index in [1.54, 1.807) is 7.11 Å². The van der Waals surface area contributed by atoms with Crippen LogP contribution in [0.4, 0.5) is 0 Å². The molecular formula is C13H25N3O. The number of methoxy groups -OCH3 is 1. The minimum Gasteiger partial charge on any atom is -0.385 e. The van der Waals surface area contributed by atoms with E-state index in [4.69, 9.17) is 4.74 Å². The molecular weight excluding hydrogens is 214 g/mol. The van der Waals surface area contributed by atoms with Crippen LogP contribution in [-0.2, 0) is 24.8 Å². The number of nitrogens with zero attached hydrogens (tertiary/aromatic N) is 2. The molecule has 0 aliphatic rings. The van der Waals surface area contributed by atoms with Crippen molar-refractivity contribution >= 4 is 0 Å². The molecule has 0 saturated heterocycles. The third-order valence-electron chi connectivity index (χ3n) is 2.90. The molecule has 0 atom stereocenters. The molecule has 0 aromatic carbocycles. The summed E-state index contributed by atoms with van der Waals surface area (Å²) in [4.78, 5) is 0. The van der Waals surface area contributed by atoms with Gasteiger partial charge in [-0.1, -0.05) is 6.92 Å². The van der Waals surface area contributed by atoms with Crippen molar-refractivity contribution in [1.82, 2.24) is 15.1 Å². The lowest BCUT2D eigenvalue weighted by Gasteiger charge is -2.04. The Kier molecular flexibility index (Phi) is 6.89. The maximum Gasteiger partial charge on any atom is 0.0625 e. The first-order valence-corrected chi connectivity index (χ1v) is 6.49. The third kappa shape index (κ3) is 5.33. The highest BCUT2D eigenvalue weighted by atomic mass is 16.5. The highest BCUT2D eigenvalue weighted by Gasteiger charge is 2.02. The lowest BCUT2D eigenvalue weighted by Crippen LogP contribution is -2.17. The van der Waals surface area contributed by atoms with Crippen molar-refractivity contribution < 1.29 is 4.74 Å². The van der Waals surface area contributed by atoms with Gasteiger partial charge in [-0.05, 0) is 38.3 Å². The summed E-state index contributed by atoms with van der Waals surface area (Å²) in [7, 11) is 3.76. The minimum atomic E-state index is 0.877. The molecule has 0 fully saturated rings. The first-order valence-electron chi connectivity index (χ1n) is 6.49. The van der Waals surface area contributed by atoms with E-state index in [9.17, 15) is 0 Å². The summed E-state index contributed by atoms with van der Waals surface area (Å²) in [6.07, 6.45) is 4.60. The second-order valence-electron chi connectivity index (χ2n) is 4.33. The van der Waals surface area contributed by atoms with Crippen LogP contribution in [-0.4, -0.2) is 30.0 Å². The topological polar surface area (TPSA) is 39.1 Å². The molecule has 1 heterocycles. The van der Waals surface area contributed by atoms with Gasteiger partial charge in [-0.3, -0.25) is 4.68 Å². The number of hydrogen-bond donors (Lipinski definition) is 1. The normalized spacial score (nSPS) is 11.0. The number of aryl methyl sites for hydroxylation is 2. The van der Waals surface area contributed by atoms with Crippen molar-refractivity contribution in [2.75, 3.05) is 20.3 Å². The SMILES string of the molecule is CCc1cc(CNCCCCCOC)n(C)n1. The van der Waals surface area contributed by atoms with E-state index in [0.717, 1.165) is 32.5 Å². The zero-order valence-corrected chi connectivity index (χ0v) is 11.3. The fourth-order valence-corrected chi connectivity index (χ4v) is 1.80. The van der Waals surface area contributed by atoms with Gasteiger partial charge in [-0.25, -0.2) is 0 Å². The Morgan fingerprint density at radius 1 is 1.35 bits per heavy atom. The minimum absolute atomic E-state index is 0.877. The van der Waals surface area contributed by atoms with Gasteiger partial charge in [0.25, 0.3) is 0 Å². The molecule has 0 spiro atoms. The van der Waals surface area contributed by atoms with Crippen LogP contribution < -0.4 is 5.32 Å². The molecule has 1 N–H and O–H groups in total. The van der Waals surface area contributed by atoms with E-state index in [-0.39, 0.29) is 0 Å². The van der Waals surface area contributed by atoms with E-state index in [1.807, 2.05) is 11.7 Å². The van der Waals surface area contributed by atoms with Crippen LogP contribution in [0.3, 0.4) is 0 Å². The highest BCUT2D eigenvalue weighted by Crippen LogP contribution is 2.03. The van der Waals surface area contributed by atoms with Crippen LogP contribution in [0.15, 0.2) is 6.07 Å². The average Bonchev–Trinajstić information content (AvgIpc) is 2.69. The Bertz CT molecular complexity index is 310. The Morgan fingerprint density at radius 3 is 2.82 bits per heavy atom. The quantitative estimate of drug-likeness (QED) is 0.669. The summed E-state index contributed by atoms with van der Waals surface area (Å²) in [6.45, 7) is 4.99. The monoisotopic (exact) mass is 239 g/mol. The van der Waals surface area contributed by atoms with E-state index in [2.05, 4.69) is 23.4 Å². The van der Waals surface area contributed by atoms with Gasteiger partial charge in [0.15, 0.2) is 0 Å². The zero-order chi connectivity index (χ0) is 12.5. The van der Waals surface area contributed by atoms with E-state index >= 15 is 0 Å². The number of nitrogens with one attached hydrogen (secondary N) is 1. The molecule has 17 heavy (non-hydrogen) atoms. The van der Waals surface area contributed by atoms with Gasteiger partial charge in [0, 0.05) is 27.3 Å². The molecule has 0 radical (unpaired) electrons. The first kappa shape index (κ1) is 14.2. The second kappa shape index (κ2) is 8.25. The van der Waals surface area contributed by atoms with Gasteiger partial charge in [0.2, 0.25) is 0 Å². The number of hydrogen-bond acceptors (Lipinski definition) is 3. The predicted molar refractivity (Wildman–Crippen MR) is 70.0 cm³/mol. The van der Waals surface area contributed by atoms with Gasteiger partial charge < -0.3 is 10.1 Å². The van der Waals surface area contributed by atoms with Crippen molar-refractivity contribution in [3.05, 3.63) is 17.5 Å². The van der Waals surface area contributed by atoms with Crippen molar-refractivity contribution in [2.45, 2.75) is 39.2 Å². The highest BCUT2D eigenvalue weighted by molar-refractivity contribution is 5.09. The summed E-state index contributed by atoms with van der Waals surface area (Å²) >= 11 is 0. The molecule has 0 saturated carbocycles. The molecule has 0 aliphatic carbocycles. The fourth-order valence-electron chi connectivity index (χ4n) is 1.80. The summed E-state index contributed by atoms with van der Waals surface area (Å²) in [5.41, 5.74) is 2.43. The second-order valence-corrected chi connectivity index (χ2v) is 4.33. The zero-order valence-electron chi connectivity index (χ0n) is 11.3. The largest absolute Gasteiger partial charge is 0.385 e. The van der Waals surface area contributed by atoms with Crippen molar-refractivity contribution in [2.24, 2.45) is 7.05 Å². The predicted octanol–water partition coefficient (Wildman–Crippen LogP) is 1.89. The number of rotatable bonds is 9. The van der Waals surface area contributed by atoms with Crippen molar-refractivity contribution in [3.8, 4) is 0 Å². The summed E-state index contributed by atoms with van der Waals surface area (Å²) in [5, 5.41) is 7.88. The molecule has 0 unspecified atom stereocenters. The summed E-state index contributed by atoms with van der Waals surface area (Å²) < 4.78 is 6.99. The standard InChI is InChI=1S/C13H25N3O/c1-4-12-10-13(16(2)15-12)11-14-8-6-5-7-9-17-3/h10,14H,4-9,11H2,1-3H3. The van der Waals surface area contributed by atoms with Gasteiger partial charge >= 0.3 is 0 Å². The van der Waals surface area contributed by atoms with Crippen LogP contribution in [0, 0.1) is 0 Å². The third-order valence-corrected chi connectivity index (χ3v) is 2.90. The summed E-state index contributed by atoms with van der Waals surface area (Å²) in [5.74, 6) is 0. The van der Waals surface area contributed by atoms with Gasteiger partial charge in [-0.2, -0.15) is 5.10 Å². The van der Waals surface area contributed by atoms with E-state index in [1.165, 1.54) is 24.2 Å². The van der Waals surface area contributed by atoms with Crippen LogP contribution in [0.25, 0.3) is 0 Å². The van der Waals surface area contributed by atoms with Crippen LogP contribution in [0.1, 0.15) is 37.6 Å². The van der Waals surface area contributed by atoms with Gasteiger partial charge in [0.1, 0.15) is 0 Å². The molecule has 1 rings (SSSR count). The Hall–Kier alpha value is -0.870. The fraction of sp³-hybridized carbons (Fsp3) is 0.769. The number of aromatic nitrogens is 2. The molecule has 1 aromatic heterocycles. The number of unbranched alkanes of at least 4 members (excludes halogenated alkanes) is 2. The lowest BCUT2D eigenvalue weighted by atomic mass is 10.2. The van der Waals surface area contributed by atoms with Crippen LogP contribution in [0.5, 0.6) is 0 Å². The summed E-state index contributed by atoms with van der Waals surface area (Å²) in [6, 6.07) is 2.18. The van der Waals surface area contributed by atoms with Gasteiger partial charge in [-0.15, -0.1) is 0 Å². The Balaban J connectivity index is 2.11. The molecule has 4 nitrogen and oxygen atoms in total. The smallest absolute Gasteiger partial charge is 0.0625 e. The molecule has 0 aliphatic heterocycles. The van der Waals surface area contributed by atoms with Crippen LogP contribution in [0.2, 0.25) is 0 Å². The lowest BCUT2D eigenvalue weighted by molar-refractivity contribution is 0.192. The van der Waals surface area contributed by atoms with Crippen molar-refractivity contribution in [1.29, 1.82) is 0 Å². The van der Waals surface area contributed by atoms with Gasteiger partial charge in [0.05, 0.1) is 11.4 Å². The first-order chi connectivity index (χ1) is 8.27. The molecule has 1 aromatic rings. The molecule has 4 heteroatoms. The average molecular weight is 239 g/mol. The van der Waals surface area contributed by atoms with Crippen LogP contribution >= 0.6 is 0 Å². The van der Waals surface area contributed by atoms with E-state index < -0.39 is 0 Å². The molecule has 98 valence electrons. The van der Waals surface area contributed by atoms with E-state index in [0.29, 0.717) is 0 Å². The number of ether oxygens (including phenoxy) is 1. The maximum absolute atomic E-state index is 5.02. The molecule has 0 bridgehead atoms. The Morgan fingerprint density at radius 2 is 2.18 bits per heavy atom. The maximum atomic E-state index is 5.02. The molecule has 0 amide bonds. The van der Waals surface area contributed by atoms with Crippen molar-refractivity contribution in [3.63, 3.8) is 0 Å².